The van der Waals surface area contributed by atoms with Gasteiger partial charge in [-0.1, -0.05) is 25.1 Å². The Balaban J connectivity index is 2.30. The standard InChI is InChI=1S/C23H27N3O3/c1-6-16(4)24-21(27)17(5)25-20-10-8-7-9-19(20)22(28)26(23(25)29)18-12-11-14(2)15(3)13-18/h7-13,16-17H,6H2,1-5H3,(H,24,27). The summed E-state index contributed by atoms with van der Waals surface area (Å²) in [7, 11) is 0. The molecule has 0 aliphatic carbocycles. The molecule has 2 aromatic carbocycles. The smallest absolute Gasteiger partial charge is 0.336 e. The topological polar surface area (TPSA) is 73.1 Å². The van der Waals surface area contributed by atoms with Crippen molar-refractivity contribution >= 4 is 16.8 Å². The monoisotopic (exact) mass is 393 g/mol. The Morgan fingerprint density at radius 3 is 2.38 bits per heavy atom. The predicted molar refractivity (Wildman–Crippen MR) is 116 cm³/mol. The van der Waals surface area contributed by atoms with Gasteiger partial charge in [0.15, 0.2) is 0 Å². The zero-order chi connectivity index (χ0) is 21.3. The molecule has 1 amide bonds. The van der Waals surface area contributed by atoms with Gasteiger partial charge < -0.3 is 5.32 Å². The van der Waals surface area contributed by atoms with Crippen LogP contribution in [0.25, 0.3) is 16.6 Å². The van der Waals surface area contributed by atoms with Crippen molar-refractivity contribution in [3.8, 4) is 5.69 Å². The molecule has 0 bridgehead atoms. The van der Waals surface area contributed by atoms with Gasteiger partial charge in [-0.3, -0.25) is 14.2 Å². The lowest BCUT2D eigenvalue weighted by Gasteiger charge is -2.21. The van der Waals surface area contributed by atoms with Gasteiger partial charge in [-0.15, -0.1) is 0 Å². The molecule has 0 saturated carbocycles. The third-order valence-electron chi connectivity index (χ3n) is 5.51. The summed E-state index contributed by atoms with van der Waals surface area (Å²) in [5.74, 6) is -0.253. The van der Waals surface area contributed by atoms with Gasteiger partial charge >= 0.3 is 5.69 Å². The maximum atomic E-state index is 13.4. The first kappa shape index (κ1) is 20.6. The molecule has 0 saturated heterocycles. The summed E-state index contributed by atoms with van der Waals surface area (Å²) in [5, 5.41) is 3.32. The van der Waals surface area contributed by atoms with Gasteiger partial charge in [-0.2, -0.15) is 0 Å². The molecule has 3 aromatic rings. The van der Waals surface area contributed by atoms with E-state index in [2.05, 4.69) is 5.32 Å². The van der Waals surface area contributed by atoms with Crippen molar-refractivity contribution < 1.29 is 4.79 Å². The highest BCUT2D eigenvalue weighted by Crippen LogP contribution is 2.16. The maximum Gasteiger partial charge on any atom is 0.336 e. The summed E-state index contributed by atoms with van der Waals surface area (Å²) in [6.45, 7) is 9.49. The minimum absolute atomic E-state index is 0.00225. The van der Waals surface area contributed by atoms with Crippen molar-refractivity contribution in [1.82, 2.24) is 14.5 Å². The molecule has 3 rings (SSSR count). The van der Waals surface area contributed by atoms with E-state index in [4.69, 9.17) is 0 Å². The van der Waals surface area contributed by atoms with E-state index in [1.807, 2.05) is 39.8 Å². The number of hydrogen-bond donors (Lipinski definition) is 1. The van der Waals surface area contributed by atoms with Crippen molar-refractivity contribution in [1.29, 1.82) is 0 Å². The number of aryl methyl sites for hydroxylation is 2. The van der Waals surface area contributed by atoms with Crippen LogP contribution in [0.1, 0.15) is 44.4 Å². The van der Waals surface area contributed by atoms with Crippen LogP contribution in [0.2, 0.25) is 0 Å². The Bertz CT molecular complexity index is 1190. The number of nitrogens with one attached hydrogen (secondary N) is 1. The lowest BCUT2D eigenvalue weighted by atomic mass is 10.1. The van der Waals surface area contributed by atoms with Gasteiger partial charge in [0, 0.05) is 6.04 Å². The summed E-state index contributed by atoms with van der Waals surface area (Å²) in [4.78, 5) is 39.4. The molecule has 0 spiro atoms. The van der Waals surface area contributed by atoms with Crippen LogP contribution in [0.5, 0.6) is 0 Å². The molecule has 0 aliphatic heterocycles. The van der Waals surface area contributed by atoms with E-state index in [0.29, 0.717) is 16.6 Å². The zero-order valence-electron chi connectivity index (χ0n) is 17.5. The zero-order valence-corrected chi connectivity index (χ0v) is 17.5. The molecule has 0 fully saturated rings. The van der Waals surface area contributed by atoms with Gasteiger partial charge in [0.2, 0.25) is 5.91 Å². The Labute approximate surface area is 169 Å². The highest BCUT2D eigenvalue weighted by atomic mass is 16.2. The number of benzene rings is 2. The normalized spacial score (nSPS) is 13.3. The largest absolute Gasteiger partial charge is 0.352 e. The van der Waals surface area contributed by atoms with Gasteiger partial charge in [-0.05, 0) is 69.5 Å². The van der Waals surface area contributed by atoms with E-state index in [9.17, 15) is 14.4 Å². The molecule has 1 aromatic heterocycles. The number of aromatic nitrogens is 2. The lowest BCUT2D eigenvalue weighted by molar-refractivity contribution is -0.124. The van der Waals surface area contributed by atoms with Crippen LogP contribution >= 0.6 is 0 Å². The molecular formula is C23H27N3O3. The second-order valence-corrected chi connectivity index (χ2v) is 7.57. The highest BCUT2D eigenvalue weighted by molar-refractivity contribution is 5.84. The van der Waals surface area contributed by atoms with Crippen LogP contribution in [-0.2, 0) is 4.79 Å². The molecule has 2 atom stereocenters. The van der Waals surface area contributed by atoms with E-state index in [1.54, 1.807) is 37.3 Å². The quantitative estimate of drug-likeness (QED) is 0.723. The van der Waals surface area contributed by atoms with Crippen LogP contribution in [0.15, 0.2) is 52.1 Å². The SMILES string of the molecule is CCC(C)NC(=O)C(C)n1c(=O)n(-c2ccc(C)c(C)c2)c(=O)c2ccccc21. The molecule has 29 heavy (non-hydrogen) atoms. The number of amides is 1. The van der Waals surface area contributed by atoms with Crippen LogP contribution in [-0.4, -0.2) is 21.1 Å². The molecule has 0 radical (unpaired) electrons. The molecule has 2 unspecified atom stereocenters. The van der Waals surface area contributed by atoms with Crippen molar-refractivity contribution in [2.75, 3.05) is 0 Å². The van der Waals surface area contributed by atoms with Crippen LogP contribution in [0.4, 0.5) is 0 Å². The molecule has 1 heterocycles. The van der Waals surface area contributed by atoms with Gasteiger partial charge in [0.1, 0.15) is 6.04 Å². The molecule has 6 nitrogen and oxygen atoms in total. The van der Waals surface area contributed by atoms with Crippen molar-refractivity contribution in [3.05, 3.63) is 74.4 Å². The van der Waals surface area contributed by atoms with Crippen LogP contribution in [0, 0.1) is 13.8 Å². The van der Waals surface area contributed by atoms with E-state index in [1.165, 1.54) is 4.57 Å². The number of para-hydroxylation sites is 1. The first-order valence-corrected chi connectivity index (χ1v) is 9.90. The molecule has 0 aliphatic rings. The third-order valence-corrected chi connectivity index (χ3v) is 5.51. The van der Waals surface area contributed by atoms with Gasteiger partial charge in [0.05, 0.1) is 16.6 Å². The van der Waals surface area contributed by atoms with E-state index in [-0.39, 0.29) is 17.5 Å². The second-order valence-electron chi connectivity index (χ2n) is 7.57. The number of nitrogens with zero attached hydrogens (tertiary/aromatic N) is 2. The summed E-state index contributed by atoms with van der Waals surface area (Å²) < 4.78 is 2.56. The number of rotatable bonds is 5. The second kappa shape index (κ2) is 8.07. The first-order chi connectivity index (χ1) is 13.8. The highest BCUT2D eigenvalue weighted by Gasteiger charge is 2.23. The van der Waals surface area contributed by atoms with E-state index in [0.717, 1.165) is 22.1 Å². The number of carbonyl (C=O) groups excluding carboxylic acids is 1. The first-order valence-electron chi connectivity index (χ1n) is 9.90. The lowest BCUT2D eigenvalue weighted by Crippen LogP contribution is -2.45. The number of hydrogen-bond acceptors (Lipinski definition) is 3. The predicted octanol–water partition coefficient (Wildman–Crippen LogP) is 3.24. The van der Waals surface area contributed by atoms with Crippen molar-refractivity contribution in [2.45, 2.75) is 53.1 Å². The van der Waals surface area contributed by atoms with E-state index >= 15 is 0 Å². The van der Waals surface area contributed by atoms with Gasteiger partial charge in [-0.25, -0.2) is 9.36 Å². The Morgan fingerprint density at radius 2 is 1.72 bits per heavy atom. The summed E-state index contributed by atoms with van der Waals surface area (Å²) in [6.07, 6.45) is 0.788. The minimum Gasteiger partial charge on any atom is -0.352 e. The minimum atomic E-state index is -0.764. The summed E-state index contributed by atoms with van der Waals surface area (Å²) in [5.41, 5.74) is 2.09. The average Bonchev–Trinajstić information content (AvgIpc) is 2.70. The summed E-state index contributed by atoms with van der Waals surface area (Å²) >= 11 is 0. The Hall–Kier alpha value is -3.15. The molecule has 152 valence electrons. The van der Waals surface area contributed by atoms with Crippen LogP contribution < -0.4 is 16.6 Å². The fourth-order valence-corrected chi connectivity index (χ4v) is 3.33. The molecule has 1 N–H and O–H groups in total. The fraction of sp³-hybridized carbons (Fsp3) is 0.348. The van der Waals surface area contributed by atoms with Gasteiger partial charge in [0.25, 0.3) is 5.56 Å². The van der Waals surface area contributed by atoms with Crippen molar-refractivity contribution in [3.63, 3.8) is 0 Å². The van der Waals surface area contributed by atoms with E-state index < -0.39 is 11.7 Å². The van der Waals surface area contributed by atoms with Crippen molar-refractivity contribution in [2.24, 2.45) is 0 Å². The molecular weight excluding hydrogens is 366 g/mol. The third kappa shape index (κ3) is 3.75. The van der Waals surface area contributed by atoms with Crippen LogP contribution in [0.3, 0.4) is 0 Å². The maximum absolute atomic E-state index is 13.4. The number of fused-ring (bicyclic) bond motifs is 1. The molecule has 6 heteroatoms. The summed E-state index contributed by atoms with van der Waals surface area (Å²) in [6, 6.07) is 11.6. The number of carbonyl (C=O) groups is 1. The Kier molecular flexibility index (Phi) is 5.73. The Morgan fingerprint density at radius 1 is 1.03 bits per heavy atom. The average molecular weight is 393 g/mol. The fourth-order valence-electron chi connectivity index (χ4n) is 3.33.